The summed E-state index contributed by atoms with van der Waals surface area (Å²) in [5.41, 5.74) is 0. The van der Waals surface area contributed by atoms with E-state index in [2.05, 4.69) is 5.32 Å². The number of nitrogens with one attached hydrogen (secondary N) is 1. The Balaban J connectivity index is 1.94. The SMILES string of the molecule is CCN(C(=O)C(=O)NC1CCCCCC1)C1CCS(=O)(=O)C1. The van der Waals surface area contributed by atoms with Crippen LogP contribution in [-0.2, 0) is 19.4 Å². The molecular formula is C15H26N2O4S. The van der Waals surface area contributed by atoms with Crippen molar-refractivity contribution in [2.45, 2.75) is 64.0 Å². The van der Waals surface area contributed by atoms with Crippen molar-refractivity contribution < 1.29 is 18.0 Å². The molecule has 126 valence electrons. The number of hydrogen-bond acceptors (Lipinski definition) is 4. The Kier molecular flexibility index (Phi) is 5.83. The van der Waals surface area contributed by atoms with Crippen LogP contribution in [0.1, 0.15) is 51.9 Å². The molecule has 1 atom stereocenters. The third-order valence-corrected chi connectivity index (χ3v) is 6.39. The smallest absolute Gasteiger partial charge is 0.312 e. The monoisotopic (exact) mass is 330 g/mol. The molecule has 1 aliphatic carbocycles. The zero-order valence-electron chi connectivity index (χ0n) is 13.2. The topological polar surface area (TPSA) is 83.6 Å². The largest absolute Gasteiger partial charge is 0.345 e. The maximum atomic E-state index is 12.4. The van der Waals surface area contributed by atoms with Crippen LogP contribution in [-0.4, -0.2) is 55.3 Å². The summed E-state index contributed by atoms with van der Waals surface area (Å²) >= 11 is 0. The minimum atomic E-state index is -3.07. The Morgan fingerprint density at radius 3 is 2.23 bits per heavy atom. The highest BCUT2D eigenvalue weighted by atomic mass is 32.2. The highest BCUT2D eigenvalue weighted by Crippen LogP contribution is 2.19. The molecule has 1 heterocycles. The third-order valence-electron chi connectivity index (χ3n) is 4.64. The van der Waals surface area contributed by atoms with Crippen molar-refractivity contribution in [2.75, 3.05) is 18.1 Å². The summed E-state index contributed by atoms with van der Waals surface area (Å²) in [6.07, 6.45) is 6.79. The highest BCUT2D eigenvalue weighted by Gasteiger charge is 2.36. The maximum absolute atomic E-state index is 12.4. The average Bonchev–Trinajstić information content (AvgIpc) is 2.67. The predicted molar refractivity (Wildman–Crippen MR) is 84.1 cm³/mol. The zero-order valence-corrected chi connectivity index (χ0v) is 14.0. The lowest BCUT2D eigenvalue weighted by Gasteiger charge is -2.27. The fourth-order valence-corrected chi connectivity index (χ4v) is 5.12. The molecule has 1 N–H and O–H groups in total. The Bertz CT molecular complexity index is 510. The van der Waals surface area contributed by atoms with Gasteiger partial charge in [-0.3, -0.25) is 9.59 Å². The van der Waals surface area contributed by atoms with E-state index in [9.17, 15) is 18.0 Å². The standard InChI is InChI=1S/C15H26N2O4S/c1-2-17(13-9-10-22(20,21)11-13)15(19)14(18)16-12-7-5-3-4-6-8-12/h12-13H,2-11H2,1H3,(H,16,18). The zero-order chi connectivity index (χ0) is 16.2. The number of carbonyl (C=O) groups excluding carboxylic acids is 2. The molecule has 0 bridgehead atoms. The quantitative estimate of drug-likeness (QED) is 0.614. The number of sulfone groups is 1. The molecule has 0 aromatic heterocycles. The first-order valence-electron chi connectivity index (χ1n) is 8.25. The number of nitrogens with zero attached hydrogens (tertiary/aromatic N) is 1. The van der Waals surface area contributed by atoms with Crippen LogP contribution in [0.25, 0.3) is 0 Å². The number of carbonyl (C=O) groups is 2. The van der Waals surface area contributed by atoms with E-state index in [4.69, 9.17) is 0 Å². The van der Waals surface area contributed by atoms with Gasteiger partial charge in [-0.25, -0.2) is 8.42 Å². The molecule has 1 unspecified atom stereocenters. The van der Waals surface area contributed by atoms with E-state index in [1.165, 1.54) is 17.7 Å². The van der Waals surface area contributed by atoms with E-state index in [-0.39, 0.29) is 23.6 Å². The van der Waals surface area contributed by atoms with Gasteiger partial charge in [0, 0.05) is 18.6 Å². The van der Waals surface area contributed by atoms with E-state index in [1.807, 2.05) is 0 Å². The molecule has 22 heavy (non-hydrogen) atoms. The van der Waals surface area contributed by atoms with Crippen LogP contribution < -0.4 is 5.32 Å². The van der Waals surface area contributed by atoms with Crippen molar-refractivity contribution in [3.63, 3.8) is 0 Å². The van der Waals surface area contributed by atoms with Gasteiger partial charge >= 0.3 is 11.8 Å². The lowest BCUT2D eigenvalue weighted by atomic mass is 10.1. The molecule has 0 aromatic rings. The van der Waals surface area contributed by atoms with Crippen LogP contribution in [0.5, 0.6) is 0 Å². The van der Waals surface area contributed by atoms with Crippen molar-refractivity contribution in [3.05, 3.63) is 0 Å². The summed E-state index contributed by atoms with van der Waals surface area (Å²) in [4.78, 5) is 26.0. The first-order valence-corrected chi connectivity index (χ1v) is 10.1. The molecular weight excluding hydrogens is 304 g/mol. The second kappa shape index (κ2) is 7.44. The molecule has 2 amide bonds. The number of amides is 2. The molecule has 0 radical (unpaired) electrons. The second-order valence-electron chi connectivity index (χ2n) is 6.31. The molecule has 1 saturated carbocycles. The molecule has 2 rings (SSSR count). The Morgan fingerprint density at radius 1 is 1.09 bits per heavy atom. The summed E-state index contributed by atoms with van der Waals surface area (Å²) in [6, 6.07) is -0.285. The van der Waals surface area contributed by atoms with E-state index < -0.39 is 21.7 Å². The number of likely N-dealkylation sites (N-methyl/N-ethyl adjacent to an activating group) is 1. The van der Waals surface area contributed by atoms with Gasteiger partial charge in [0.15, 0.2) is 9.84 Å². The fraction of sp³-hybridized carbons (Fsp3) is 0.867. The lowest BCUT2D eigenvalue weighted by molar-refractivity contribution is -0.147. The third kappa shape index (κ3) is 4.44. The van der Waals surface area contributed by atoms with Gasteiger partial charge in [-0.1, -0.05) is 25.7 Å². The summed E-state index contributed by atoms with van der Waals surface area (Å²) in [5, 5.41) is 2.84. The van der Waals surface area contributed by atoms with Gasteiger partial charge in [0.05, 0.1) is 11.5 Å². The van der Waals surface area contributed by atoms with Crippen LogP contribution in [0.4, 0.5) is 0 Å². The van der Waals surface area contributed by atoms with Crippen LogP contribution in [0.3, 0.4) is 0 Å². The van der Waals surface area contributed by atoms with Crippen LogP contribution in [0.2, 0.25) is 0 Å². The molecule has 0 aromatic carbocycles. The van der Waals surface area contributed by atoms with Gasteiger partial charge < -0.3 is 10.2 Å². The molecule has 1 saturated heterocycles. The lowest BCUT2D eigenvalue weighted by Crippen LogP contribution is -2.50. The van der Waals surface area contributed by atoms with Crippen molar-refractivity contribution in [2.24, 2.45) is 0 Å². The molecule has 0 spiro atoms. The minimum absolute atomic E-state index is 0.0245. The normalized spacial score (nSPS) is 25.4. The summed E-state index contributed by atoms with van der Waals surface area (Å²) in [7, 11) is -3.07. The van der Waals surface area contributed by atoms with Crippen LogP contribution >= 0.6 is 0 Å². The molecule has 6 nitrogen and oxygen atoms in total. The van der Waals surface area contributed by atoms with Crippen LogP contribution in [0.15, 0.2) is 0 Å². The second-order valence-corrected chi connectivity index (χ2v) is 8.54. The maximum Gasteiger partial charge on any atom is 0.312 e. The summed E-state index contributed by atoms with van der Waals surface area (Å²) in [6.45, 7) is 2.14. The van der Waals surface area contributed by atoms with Crippen molar-refractivity contribution in [1.29, 1.82) is 0 Å². The predicted octanol–water partition coefficient (Wildman–Crippen LogP) is 0.861. The van der Waals surface area contributed by atoms with Crippen LogP contribution in [0, 0.1) is 0 Å². The number of hydrogen-bond donors (Lipinski definition) is 1. The van der Waals surface area contributed by atoms with E-state index in [1.54, 1.807) is 6.92 Å². The van der Waals surface area contributed by atoms with Gasteiger partial charge in [0.1, 0.15) is 0 Å². The average molecular weight is 330 g/mol. The molecule has 1 aliphatic heterocycles. The molecule has 2 fully saturated rings. The van der Waals surface area contributed by atoms with E-state index in [0.717, 1.165) is 25.7 Å². The minimum Gasteiger partial charge on any atom is -0.345 e. The summed E-state index contributed by atoms with van der Waals surface area (Å²) < 4.78 is 23.1. The molecule has 2 aliphatic rings. The van der Waals surface area contributed by atoms with E-state index in [0.29, 0.717) is 13.0 Å². The Labute approximate surface area is 132 Å². The molecule has 7 heteroatoms. The van der Waals surface area contributed by atoms with Gasteiger partial charge in [0.25, 0.3) is 0 Å². The van der Waals surface area contributed by atoms with Gasteiger partial charge in [-0.05, 0) is 26.2 Å². The fourth-order valence-electron chi connectivity index (χ4n) is 3.39. The summed E-state index contributed by atoms with van der Waals surface area (Å²) in [5.74, 6) is -1.10. The van der Waals surface area contributed by atoms with Gasteiger partial charge in [-0.15, -0.1) is 0 Å². The number of rotatable bonds is 3. The van der Waals surface area contributed by atoms with Gasteiger partial charge in [-0.2, -0.15) is 0 Å². The Hall–Kier alpha value is -1.11. The van der Waals surface area contributed by atoms with Crippen molar-refractivity contribution >= 4 is 21.7 Å². The van der Waals surface area contributed by atoms with Crippen molar-refractivity contribution in [1.82, 2.24) is 10.2 Å². The van der Waals surface area contributed by atoms with Crippen molar-refractivity contribution in [3.8, 4) is 0 Å². The Morgan fingerprint density at radius 2 is 1.73 bits per heavy atom. The first kappa shape index (κ1) is 17.2. The first-order chi connectivity index (χ1) is 10.4. The van der Waals surface area contributed by atoms with E-state index >= 15 is 0 Å². The highest BCUT2D eigenvalue weighted by molar-refractivity contribution is 7.91. The van der Waals surface area contributed by atoms with Gasteiger partial charge in [0.2, 0.25) is 0 Å².